The number of aromatic nitrogens is 3. The van der Waals surface area contributed by atoms with Crippen LogP contribution in [0.5, 0.6) is 0 Å². The van der Waals surface area contributed by atoms with Crippen LogP contribution in [0.4, 0.5) is 0 Å². The minimum Gasteiger partial charge on any atom is -0.271 e. The summed E-state index contributed by atoms with van der Waals surface area (Å²) in [4.78, 5) is 0. The fourth-order valence-electron chi connectivity index (χ4n) is 4.81. The first-order chi connectivity index (χ1) is 8.31. The van der Waals surface area contributed by atoms with E-state index in [1.807, 2.05) is 17.9 Å². The van der Waals surface area contributed by atoms with Crippen molar-refractivity contribution in [2.24, 2.45) is 42.5 Å². The van der Waals surface area contributed by atoms with Crippen molar-refractivity contribution in [3.63, 3.8) is 0 Å². The first kappa shape index (κ1) is 10.0. The van der Waals surface area contributed by atoms with Gasteiger partial charge in [-0.05, 0) is 48.9 Å². The predicted molar refractivity (Wildman–Crippen MR) is 62.4 cm³/mol. The lowest BCUT2D eigenvalue weighted by Crippen LogP contribution is -2.32. The van der Waals surface area contributed by atoms with Crippen molar-refractivity contribution in [3.8, 4) is 0 Å². The van der Waals surface area contributed by atoms with Crippen LogP contribution < -0.4 is 11.3 Å². The van der Waals surface area contributed by atoms with Gasteiger partial charge in [0.05, 0.1) is 17.9 Å². The molecule has 0 radical (unpaired) electrons. The molecule has 17 heavy (non-hydrogen) atoms. The van der Waals surface area contributed by atoms with Crippen LogP contribution in [0.1, 0.15) is 31.0 Å². The molecular formula is C12H19N5. The van der Waals surface area contributed by atoms with E-state index < -0.39 is 0 Å². The van der Waals surface area contributed by atoms with Crippen LogP contribution in [0.25, 0.3) is 0 Å². The average Bonchev–Trinajstić information content (AvgIpc) is 2.72. The highest BCUT2D eigenvalue weighted by molar-refractivity contribution is 5.20. The minimum atomic E-state index is 0.244. The number of nitrogens with one attached hydrogen (secondary N) is 1. The summed E-state index contributed by atoms with van der Waals surface area (Å²) in [6.07, 6.45) is 6.22. The van der Waals surface area contributed by atoms with Crippen LogP contribution in [0, 0.1) is 29.6 Å². The molecule has 0 saturated heterocycles. The van der Waals surface area contributed by atoms with Gasteiger partial charge < -0.3 is 0 Å². The number of hydrogen-bond donors (Lipinski definition) is 2. The third-order valence-electron chi connectivity index (χ3n) is 5.43. The summed E-state index contributed by atoms with van der Waals surface area (Å²) in [6.45, 7) is 0. The standard InChI is InChI=1S/C12H19N5/c1-17-8(5-14-16-17)12(15-13)11-9-6-2-3-7(4-6)10(9)11/h5-7,9-12,15H,2-4,13H2,1H3. The highest BCUT2D eigenvalue weighted by atomic mass is 15.4. The third kappa shape index (κ3) is 1.21. The highest BCUT2D eigenvalue weighted by Crippen LogP contribution is 2.72. The number of aryl methyl sites for hydroxylation is 1. The van der Waals surface area contributed by atoms with Gasteiger partial charge in [-0.25, -0.2) is 0 Å². The van der Waals surface area contributed by atoms with Crippen LogP contribution >= 0.6 is 0 Å². The number of nitrogens with zero attached hydrogens (tertiary/aromatic N) is 3. The molecule has 0 amide bonds. The molecule has 1 heterocycles. The van der Waals surface area contributed by atoms with E-state index in [1.165, 1.54) is 19.3 Å². The summed E-state index contributed by atoms with van der Waals surface area (Å²) in [5.74, 6) is 10.3. The van der Waals surface area contributed by atoms with E-state index >= 15 is 0 Å². The van der Waals surface area contributed by atoms with Gasteiger partial charge in [-0.2, -0.15) is 0 Å². The molecule has 3 aliphatic rings. The Balaban J connectivity index is 1.61. The van der Waals surface area contributed by atoms with E-state index in [9.17, 15) is 0 Å². The Kier molecular flexibility index (Phi) is 1.94. The van der Waals surface area contributed by atoms with Crippen LogP contribution in [0.15, 0.2) is 6.20 Å². The topological polar surface area (TPSA) is 68.8 Å². The molecule has 5 atom stereocenters. The molecule has 5 nitrogen and oxygen atoms in total. The van der Waals surface area contributed by atoms with Crippen molar-refractivity contribution < 1.29 is 0 Å². The number of hydrogen-bond acceptors (Lipinski definition) is 4. The monoisotopic (exact) mass is 233 g/mol. The number of fused-ring (bicyclic) bond motifs is 5. The first-order valence-electron chi connectivity index (χ1n) is 6.62. The summed E-state index contributed by atoms with van der Waals surface area (Å²) in [5, 5.41) is 7.98. The van der Waals surface area contributed by atoms with Crippen molar-refractivity contribution in [1.82, 2.24) is 20.4 Å². The first-order valence-corrected chi connectivity index (χ1v) is 6.62. The Hall–Kier alpha value is -0.940. The summed E-state index contributed by atoms with van der Waals surface area (Å²) in [5.41, 5.74) is 4.13. The van der Waals surface area contributed by atoms with Gasteiger partial charge in [0.15, 0.2) is 0 Å². The minimum absolute atomic E-state index is 0.244. The van der Waals surface area contributed by atoms with Gasteiger partial charge in [-0.3, -0.25) is 16.0 Å². The largest absolute Gasteiger partial charge is 0.271 e. The zero-order valence-electron chi connectivity index (χ0n) is 10.1. The molecule has 0 aromatic carbocycles. The SMILES string of the molecule is Cn1nncc1C(NN)C1C2C3CCC(C3)C21. The third-order valence-corrected chi connectivity index (χ3v) is 5.43. The molecule has 3 saturated carbocycles. The summed E-state index contributed by atoms with van der Waals surface area (Å²) < 4.78 is 1.85. The van der Waals surface area contributed by atoms with E-state index in [0.717, 1.165) is 35.3 Å². The molecule has 1 aromatic heterocycles. The van der Waals surface area contributed by atoms with Gasteiger partial charge in [0, 0.05) is 7.05 Å². The average molecular weight is 233 g/mol. The molecule has 0 aliphatic heterocycles. The Bertz CT molecular complexity index is 426. The van der Waals surface area contributed by atoms with Crippen LogP contribution in [-0.2, 0) is 7.05 Å². The summed E-state index contributed by atoms with van der Waals surface area (Å²) in [7, 11) is 1.94. The second kappa shape index (κ2) is 3.29. The van der Waals surface area contributed by atoms with Gasteiger partial charge in [-0.1, -0.05) is 5.21 Å². The van der Waals surface area contributed by atoms with Gasteiger partial charge >= 0.3 is 0 Å². The maximum Gasteiger partial charge on any atom is 0.0769 e. The number of rotatable bonds is 3. The van der Waals surface area contributed by atoms with E-state index in [1.54, 1.807) is 0 Å². The Labute approximate surface area is 101 Å². The van der Waals surface area contributed by atoms with Crippen molar-refractivity contribution in [3.05, 3.63) is 11.9 Å². The number of nitrogens with two attached hydrogens (primary N) is 1. The normalized spacial score (nSPS) is 43.8. The van der Waals surface area contributed by atoms with Crippen molar-refractivity contribution >= 4 is 0 Å². The van der Waals surface area contributed by atoms with Crippen LogP contribution in [0.3, 0.4) is 0 Å². The van der Waals surface area contributed by atoms with E-state index in [0.29, 0.717) is 0 Å². The predicted octanol–water partition coefficient (Wildman–Crippen LogP) is 0.612. The van der Waals surface area contributed by atoms with Gasteiger partial charge in [0.1, 0.15) is 0 Å². The molecule has 2 bridgehead atoms. The highest BCUT2D eigenvalue weighted by Gasteiger charge is 2.67. The summed E-state index contributed by atoms with van der Waals surface area (Å²) >= 11 is 0. The maximum absolute atomic E-state index is 5.77. The van der Waals surface area contributed by atoms with Crippen molar-refractivity contribution in [1.29, 1.82) is 0 Å². The fourth-order valence-corrected chi connectivity index (χ4v) is 4.81. The smallest absolute Gasteiger partial charge is 0.0769 e. The number of hydrazine groups is 1. The van der Waals surface area contributed by atoms with Gasteiger partial charge in [0.25, 0.3) is 0 Å². The quantitative estimate of drug-likeness (QED) is 0.593. The molecule has 3 fully saturated rings. The Morgan fingerprint density at radius 1 is 1.41 bits per heavy atom. The molecule has 4 rings (SSSR count). The lowest BCUT2D eigenvalue weighted by atomic mass is 9.96. The van der Waals surface area contributed by atoms with Crippen LogP contribution in [0.2, 0.25) is 0 Å². The Morgan fingerprint density at radius 3 is 2.65 bits per heavy atom. The second-order valence-corrected chi connectivity index (χ2v) is 5.99. The molecular weight excluding hydrogens is 214 g/mol. The zero-order valence-corrected chi connectivity index (χ0v) is 10.1. The molecule has 0 spiro atoms. The van der Waals surface area contributed by atoms with E-state index in [4.69, 9.17) is 5.84 Å². The van der Waals surface area contributed by atoms with Crippen LogP contribution in [-0.4, -0.2) is 15.0 Å². The zero-order chi connectivity index (χ0) is 11.6. The van der Waals surface area contributed by atoms with Gasteiger partial charge in [0.2, 0.25) is 0 Å². The lowest BCUT2D eigenvalue weighted by Gasteiger charge is -2.19. The second-order valence-electron chi connectivity index (χ2n) is 5.99. The Morgan fingerprint density at radius 2 is 2.12 bits per heavy atom. The molecule has 3 N–H and O–H groups in total. The van der Waals surface area contributed by atoms with E-state index in [2.05, 4.69) is 15.7 Å². The van der Waals surface area contributed by atoms with Crippen molar-refractivity contribution in [2.45, 2.75) is 25.3 Å². The molecule has 5 unspecified atom stereocenters. The summed E-state index contributed by atoms with van der Waals surface area (Å²) in [6, 6.07) is 0.244. The molecule has 5 heteroatoms. The molecule has 1 aromatic rings. The van der Waals surface area contributed by atoms with Crippen molar-refractivity contribution in [2.75, 3.05) is 0 Å². The van der Waals surface area contributed by atoms with E-state index in [-0.39, 0.29) is 6.04 Å². The van der Waals surface area contributed by atoms with Gasteiger partial charge in [-0.15, -0.1) is 5.10 Å². The molecule has 3 aliphatic carbocycles. The maximum atomic E-state index is 5.77. The fraction of sp³-hybridized carbons (Fsp3) is 0.833. The lowest BCUT2D eigenvalue weighted by molar-refractivity contribution is 0.360. The molecule has 92 valence electrons.